The molecule has 0 aromatic heterocycles. The first-order valence-electron chi connectivity index (χ1n) is 10.0. The number of para-hydroxylation sites is 1. The Morgan fingerprint density at radius 1 is 1.18 bits per heavy atom. The van der Waals surface area contributed by atoms with Crippen LogP contribution in [0, 0.1) is 0 Å². The average molecular weight is 388 g/mol. The maximum atomic E-state index is 12.5. The number of guanidine groups is 1. The number of carbonyl (C=O) groups excluding carboxylic acids is 2. The number of rotatable bonds is 7. The van der Waals surface area contributed by atoms with Gasteiger partial charge in [-0.1, -0.05) is 18.2 Å². The van der Waals surface area contributed by atoms with Gasteiger partial charge in [-0.3, -0.25) is 9.59 Å². The van der Waals surface area contributed by atoms with Crippen molar-refractivity contribution in [2.24, 2.45) is 4.99 Å². The standard InChI is InChI=1S/C21H33N5O2/c1-5-22-20(24-15-18(27)25-21(2,3)4)23-13-8-11-19(28)26-14-12-16-9-6-7-10-17(16)26/h6-7,9-10H,5,8,11-15H2,1-4H3,(H,25,27)(H2,22,23,24). The number of nitrogens with one attached hydrogen (secondary N) is 3. The Morgan fingerprint density at radius 3 is 2.64 bits per heavy atom. The quantitative estimate of drug-likeness (QED) is 0.378. The Bertz CT molecular complexity index is 709. The second-order valence-corrected chi connectivity index (χ2v) is 7.95. The fraction of sp³-hybridized carbons (Fsp3) is 0.571. The van der Waals surface area contributed by atoms with Gasteiger partial charge in [0.25, 0.3) is 0 Å². The third kappa shape index (κ3) is 6.87. The van der Waals surface area contributed by atoms with Crippen LogP contribution in [0.5, 0.6) is 0 Å². The molecule has 1 aliphatic heterocycles. The Hall–Kier alpha value is -2.57. The number of benzene rings is 1. The summed E-state index contributed by atoms with van der Waals surface area (Å²) < 4.78 is 0. The van der Waals surface area contributed by atoms with Gasteiger partial charge in [-0.05, 0) is 52.2 Å². The Balaban J connectivity index is 1.76. The van der Waals surface area contributed by atoms with Crippen molar-refractivity contribution in [3.05, 3.63) is 29.8 Å². The van der Waals surface area contributed by atoms with Crippen LogP contribution < -0.4 is 20.9 Å². The molecule has 0 aliphatic carbocycles. The molecule has 2 rings (SSSR count). The number of nitrogens with zero attached hydrogens (tertiary/aromatic N) is 2. The van der Waals surface area contributed by atoms with Crippen LogP contribution in [0.4, 0.5) is 5.69 Å². The molecule has 0 fully saturated rings. The van der Waals surface area contributed by atoms with Crippen molar-refractivity contribution in [1.29, 1.82) is 0 Å². The number of amides is 2. The zero-order valence-electron chi connectivity index (χ0n) is 17.5. The molecule has 0 bridgehead atoms. The second-order valence-electron chi connectivity index (χ2n) is 7.95. The van der Waals surface area contributed by atoms with Crippen LogP contribution in [0.1, 0.15) is 46.1 Å². The second kappa shape index (κ2) is 10.1. The van der Waals surface area contributed by atoms with Crippen molar-refractivity contribution in [2.75, 3.05) is 31.1 Å². The van der Waals surface area contributed by atoms with Crippen LogP contribution in [0.25, 0.3) is 0 Å². The first-order valence-corrected chi connectivity index (χ1v) is 10.0. The molecule has 0 radical (unpaired) electrons. The molecule has 1 heterocycles. The fourth-order valence-corrected chi connectivity index (χ4v) is 3.13. The summed E-state index contributed by atoms with van der Waals surface area (Å²) >= 11 is 0. The molecule has 0 atom stereocenters. The average Bonchev–Trinajstić information content (AvgIpc) is 3.05. The molecule has 0 saturated carbocycles. The van der Waals surface area contributed by atoms with Crippen molar-refractivity contribution in [3.63, 3.8) is 0 Å². The van der Waals surface area contributed by atoms with E-state index in [1.54, 1.807) is 0 Å². The van der Waals surface area contributed by atoms with Crippen LogP contribution >= 0.6 is 0 Å². The number of aliphatic imine (C=N–C) groups is 1. The molecule has 1 aliphatic rings. The van der Waals surface area contributed by atoms with Crippen LogP contribution in [-0.4, -0.2) is 49.5 Å². The molecule has 154 valence electrons. The highest BCUT2D eigenvalue weighted by Crippen LogP contribution is 2.27. The van der Waals surface area contributed by atoms with Gasteiger partial charge in [0, 0.05) is 37.3 Å². The molecule has 3 N–H and O–H groups in total. The lowest BCUT2D eigenvalue weighted by atomic mass is 10.1. The first kappa shape index (κ1) is 21.7. The van der Waals surface area contributed by atoms with E-state index in [0.29, 0.717) is 31.9 Å². The summed E-state index contributed by atoms with van der Waals surface area (Å²) in [5.74, 6) is 0.622. The third-order valence-electron chi connectivity index (χ3n) is 4.29. The van der Waals surface area contributed by atoms with E-state index in [4.69, 9.17) is 0 Å². The van der Waals surface area contributed by atoms with Gasteiger partial charge in [0.15, 0.2) is 5.96 Å². The topological polar surface area (TPSA) is 85.8 Å². The zero-order chi connectivity index (χ0) is 20.6. The molecule has 1 aromatic rings. The van der Waals surface area contributed by atoms with Gasteiger partial charge in [-0.15, -0.1) is 0 Å². The van der Waals surface area contributed by atoms with Crippen LogP contribution in [0.2, 0.25) is 0 Å². The molecule has 0 spiro atoms. The predicted octanol–water partition coefficient (Wildman–Crippen LogP) is 1.83. The highest BCUT2D eigenvalue weighted by atomic mass is 16.2. The Kier molecular flexibility index (Phi) is 7.84. The molecule has 28 heavy (non-hydrogen) atoms. The van der Waals surface area contributed by atoms with Crippen molar-refractivity contribution in [3.8, 4) is 0 Å². The highest BCUT2D eigenvalue weighted by molar-refractivity contribution is 5.95. The summed E-state index contributed by atoms with van der Waals surface area (Å²) in [6, 6.07) is 8.08. The smallest absolute Gasteiger partial charge is 0.242 e. The van der Waals surface area contributed by atoms with E-state index in [1.165, 1.54) is 5.56 Å². The SMILES string of the molecule is CCNC(=NCC(=O)NC(C)(C)C)NCCCC(=O)N1CCc2ccccc21. The van der Waals surface area contributed by atoms with Gasteiger partial charge in [-0.25, -0.2) is 4.99 Å². The predicted molar refractivity (Wildman–Crippen MR) is 114 cm³/mol. The maximum Gasteiger partial charge on any atom is 0.242 e. The Labute approximate surface area is 168 Å². The molecule has 1 aromatic carbocycles. The van der Waals surface area contributed by atoms with E-state index in [2.05, 4.69) is 27.0 Å². The maximum absolute atomic E-state index is 12.5. The highest BCUT2D eigenvalue weighted by Gasteiger charge is 2.23. The van der Waals surface area contributed by atoms with Gasteiger partial charge in [0.1, 0.15) is 6.54 Å². The van der Waals surface area contributed by atoms with Crippen LogP contribution in [0.15, 0.2) is 29.3 Å². The Morgan fingerprint density at radius 2 is 1.93 bits per heavy atom. The number of hydrogen-bond donors (Lipinski definition) is 3. The van der Waals surface area contributed by atoms with Gasteiger partial charge in [0.05, 0.1) is 0 Å². The third-order valence-corrected chi connectivity index (χ3v) is 4.29. The number of carbonyl (C=O) groups is 2. The van der Waals surface area contributed by atoms with Crippen molar-refractivity contribution < 1.29 is 9.59 Å². The molecule has 0 unspecified atom stereocenters. The van der Waals surface area contributed by atoms with Crippen LogP contribution in [0.3, 0.4) is 0 Å². The largest absolute Gasteiger partial charge is 0.357 e. The zero-order valence-corrected chi connectivity index (χ0v) is 17.5. The summed E-state index contributed by atoms with van der Waals surface area (Å²) in [4.78, 5) is 30.6. The molecular formula is C21H33N5O2. The fourth-order valence-electron chi connectivity index (χ4n) is 3.13. The molecule has 2 amide bonds. The van der Waals surface area contributed by atoms with E-state index in [0.717, 1.165) is 18.7 Å². The van der Waals surface area contributed by atoms with E-state index < -0.39 is 0 Å². The minimum Gasteiger partial charge on any atom is -0.357 e. The number of anilines is 1. The van der Waals surface area contributed by atoms with Crippen molar-refractivity contribution in [2.45, 2.75) is 52.5 Å². The minimum atomic E-state index is -0.271. The summed E-state index contributed by atoms with van der Waals surface area (Å²) in [6.45, 7) is 9.94. The van der Waals surface area contributed by atoms with E-state index in [1.807, 2.05) is 50.8 Å². The van der Waals surface area contributed by atoms with Gasteiger partial charge < -0.3 is 20.9 Å². The lowest BCUT2D eigenvalue weighted by molar-refractivity contribution is -0.121. The van der Waals surface area contributed by atoms with Gasteiger partial charge in [-0.2, -0.15) is 0 Å². The van der Waals surface area contributed by atoms with Crippen molar-refractivity contribution >= 4 is 23.5 Å². The monoisotopic (exact) mass is 387 g/mol. The van der Waals surface area contributed by atoms with Gasteiger partial charge in [0.2, 0.25) is 11.8 Å². The molecule has 7 nitrogen and oxygen atoms in total. The lowest BCUT2D eigenvalue weighted by Gasteiger charge is -2.20. The summed E-state index contributed by atoms with van der Waals surface area (Å²) in [7, 11) is 0. The number of hydrogen-bond acceptors (Lipinski definition) is 3. The summed E-state index contributed by atoms with van der Waals surface area (Å²) in [5.41, 5.74) is 2.01. The van der Waals surface area contributed by atoms with E-state index >= 15 is 0 Å². The van der Waals surface area contributed by atoms with Gasteiger partial charge >= 0.3 is 0 Å². The lowest BCUT2D eigenvalue weighted by Crippen LogP contribution is -2.43. The first-order chi connectivity index (χ1) is 13.3. The normalized spacial score (nSPS) is 13.9. The molecule has 0 saturated heterocycles. The van der Waals surface area contributed by atoms with E-state index in [-0.39, 0.29) is 23.9 Å². The summed E-state index contributed by atoms with van der Waals surface area (Å²) in [6.07, 6.45) is 2.11. The van der Waals surface area contributed by atoms with Crippen molar-refractivity contribution in [1.82, 2.24) is 16.0 Å². The van der Waals surface area contributed by atoms with Crippen LogP contribution in [-0.2, 0) is 16.0 Å². The molecule has 7 heteroatoms. The minimum absolute atomic E-state index is 0.0656. The van der Waals surface area contributed by atoms with E-state index in [9.17, 15) is 9.59 Å². The number of fused-ring (bicyclic) bond motifs is 1. The summed E-state index contributed by atoms with van der Waals surface area (Å²) in [5, 5.41) is 9.20. The molecular weight excluding hydrogens is 354 g/mol.